The van der Waals surface area contributed by atoms with E-state index in [1.165, 1.54) is 5.56 Å². The molecule has 0 amide bonds. The third-order valence-electron chi connectivity index (χ3n) is 3.30. The van der Waals surface area contributed by atoms with Crippen LogP contribution in [0.4, 0.5) is 0 Å². The first kappa shape index (κ1) is 15.1. The predicted molar refractivity (Wildman–Crippen MR) is 80.3 cm³/mol. The molecule has 2 atom stereocenters. The van der Waals surface area contributed by atoms with Crippen LogP contribution in [-0.4, -0.2) is 41.9 Å². The quantitative estimate of drug-likeness (QED) is 0.855. The third-order valence-corrected chi connectivity index (χ3v) is 3.30. The smallest absolute Gasteiger partial charge is 0.0678 e. The lowest BCUT2D eigenvalue weighted by molar-refractivity contribution is -0.0704. The zero-order chi connectivity index (χ0) is 14.4. The minimum Gasteiger partial charge on any atom is -0.395 e. The van der Waals surface area contributed by atoms with E-state index < -0.39 is 0 Å². The van der Waals surface area contributed by atoms with Crippen molar-refractivity contribution in [2.24, 2.45) is 0 Å². The highest BCUT2D eigenvalue weighted by atomic mass is 16.5. The average Bonchev–Trinajstić information content (AvgIpc) is 2.38. The fourth-order valence-electron chi connectivity index (χ4n) is 2.64. The molecule has 3 heteroatoms. The van der Waals surface area contributed by atoms with Gasteiger partial charge in [-0.05, 0) is 31.5 Å². The van der Waals surface area contributed by atoms with Gasteiger partial charge in [0.2, 0.25) is 0 Å². The lowest BCUT2D eigenvalue weighted by Crippen LogP contribution is -2.44. The first-order valence-corrected chi connectivity index (χ1v) is 7.24. The summed E-state index contributed by atoms with van der Waals surface area (Å²) in [7, 11) is 0. The van der Waals surface area contributed by atoms with E-state index in [-0.39, 0.29) is 6.61 Å². The fourth-order valence-corrected chi connectivity index (χ4v) is 2.64. The third kappa shape index (κ3) is 4.64. The molecule has 2 rings (SSSR count). The number of morpholine rings is 1. The molecule has 0 saturated carbocycles. The predicted octanol–water partition coefficient (Wildman–Crippen LogP) is 2.03. The maximum Gasteiger partial charge on any atom is 0.0678 e. The van der Waals surface area contributed by atoms with Gasteiger partial charge in [-0.2, -0.15) is 0 Å². The first-order chi connectivity index (χ1) is 9.67. The van der Waals surface area contributed by atoms with E-state index in [2.05, 4.69) is 42.7 Å². The van der Waals surface area contributed by atoms with Crippen molar-refractivity contribution in [2.75, 3.05) is 19.7 Å². The second kappa shape index (κ2) is 7.44. The molecule has 1 heterocycles. The van der Waals surface area contributed by atoms with Crippen molar-refractivity contribution < 1.29 is 9.84 Å². The van der Waals surface area contributed by atoms with Crippen LogP contribution in [0.5, 0.6) is 0 Å². The summed E-state index contributed by atoms with van der Waals surface area (Å²) in [5.74, 6) is 6.05. The number of hydrogen-bond donors (Lipinski definition) is 1. The molecule has 0 aliphatic carbocycles. The van der Waals surface area contributed by atoms with Crippen molar-refractivity contribution in [3.63, 3.8) is 0 Å². The SMILES string of the molecule is C[C@@H]1CN(Cc2cccc(C#CCCO)c2)C[C@H](C)O1. The Morgan fingerprint density at radius 2 is 2.05 bits per heavy atom. The van der Waals surface area contributed by atoms with Gasteiger partial charge >= 0.3 is 0 Å². The van der Waals surface area contributed by atoms with Crippen LogP contribution in [0.25, 0.3) is 0 Å². The Morgan fingerprint density at radius 1 is 1.30 bits per heavy atom. The summed E-state index contributed by atoms with van der Waals surface area (Å²) >= 11 is 0. The van der Waals surface area contributed by atoms with Crippen molar-refractivity contribution in [1.82, 2.24) is 4.90 Å². The monoisotopic (exact) mass is 273 g/mol. The largest absolute Gasteiger partial charge is 0.395 e. The fraction of sp³-hybridized carbons (Fsp3) is 0.529. The molecule has 1 fully saturated rings. The first-order valence-electron chi connectivity index (χ1n) is 7.24. The Balaban J connectivity index is 1.99. The molecular formula is C17H23NO2. The van der Waals surface area contributed by atoms with Crippen LogP contribution >= 0.6 is 0 Å². The van der Waals surface area contributed by atoms with Crippen molar-refractivity contribution in [3.8, 4) is 11.8 Å². The van der Waals surface area contributed by atoms with Crippen LogP contribution in [0.1, 0.15) is 31.4 Å². The van der Waals surface area contributed by atoms with Gasteiger partial charge in [-0.15, -0.1) is 0 Å². The van der Waals surface area contributed by atoms with Gasteiger partial charge in [0.1, 0.15) is 0 Å². The van der Waals surface area contributed by atoms with Crippen molar-refractivity contribution in [3.05, 3.63) is 35.4 Å². The van der Waals surface area contributed by atoms with Gasteiger partial charge in [0, 0.05) is 31.6 Å². The standard InChI is InChI=1S/C17H23NO2/c1-14-11-18(12-15(2)20-14)13-17-8-5-7-16(10-17)6-3-4-9-19/h5,7-8,10,14-15,19H,4,9,11-13H2,1-2H3/t14-,15+. The Kier molecular flexibility index (Phi) is 5.60. The van der Waals surface area contributed by atoms with Gasteiger partial charge in [-0.1, -0.05) is 24.0 Å². The number of benzene rings is 1. The topological polar surface area (TPSA) is 32.7 Å². The zero-order valence-corrected chi connectivity index (χ0v) is 12.3. The van der Waals surface area contributed by atoms with E-state index >= 15 is 0 Å². The molecule has 20 heavy (non-hydrogen) atoms. The van der Waals surface area contributed by atoms with E-state index in [0.717, 1.165) is 25.2 Å². The summed E-state index contributed by atoms with van der Waals surface area (Å²) in [4.78, 5) is 2.43. The Morgan fingerprint density at radius 3 is 2.75 bits per heavy atom. The lowest BCUT2D eigenvalue weighted by Gasteiger charge is -2.35. The summed E-state index contributed by atoms with van der Waals surface area (Å²) in [5, 5.41) is 8.74. The minimum absolute atomic E-state index is 0.121. The van der Waals surface area contributed by atoms with Crippen LogP contribution in [0.3, 0.4) is 0 Å². The summed E-state index contributed by atoms with van der Waals surface area (Å²) in [6.07, 6.45) is 1.13. The number of rotatable bonds is 3. The molecule has 1 aliphatic rings. The number of aliphatic hydroxyl groups is 1. The van der Waals surface area contributed by atoms with Crippen LogP contribution < -0.4 is 0 Å². The molecule has 108 valence electrons. The number of aliphatic hydroxyl groups excluding tert-OH is 1. The van der Waals surface area contributed by atoms with Gasteiger partial charge in [0.15, 0.2) is 0 Å². The summed E-state index contributed by atoms with van der Waals surface area (Å²) in [6, 6.07) is 8.33. The van der Waals surface area contributed by atoms with E-state index in [0.29, 0.717) is 18.6 Å². The molecular weight excluding hydrogens is 250 g/mol. The molecule has 0 radical (unpaired) electrons. The second-order valence-electron chi connectivity index (χ2n) is 5.43. The van der Waals surface area contributed by atoms with Gasteiger partial charge in [0.25, 0.3) is 0 Å². The van der Waals surface area contributed by atoms with E-state index in [9.17, 15) is 0 Å². The summed E-state index contributed by atoms with van der Waals surface area (Å²) < 4.78 is 5.76. The molecule has 1 N–H and O–H groups in total. The highest BCUT2D eigenvalue weighted by Crippen LogP contribution is 2.14. The Labute approximate surface area is 121 Å². The molecule has 1 saturated heterocycles. The number of nitrogens with zero attached hydrogens (tertiary/aromatic N) is 1. The Hall–Kier alpha value is -1.34. The van der Waals surface area contributed by atoms with Crippen LogP contribution in [0.15, 0.2) is 24.3 Å². The maximum absolute atomic E-state index is 8.74. The van der Waals surface area contributed by atoms with Crippen LogP contribution in [-0.2, 0) is 11.3 Å². The molecule has 0 aromatic heterocycles. The van der Waals surface area contributed by atoms with Crippen molar-refractivity contribution in [1.29, 1.82) is 0 Å². The van der Waals surface area contributed by atoms with Crippen LogP contribution in [0, 0.1) is 11.8 Å². The van der Waals surface area contributed by atoms with Gasteiger partial charge in [0.05, 0.1) is 18.8 Å². The van der Waals surface area contributed by atoms with E-state index in [1.807, 2.05) is 12.1 Å². The Bertz CT molecular complexity index is 479. The maximum atomic E-state index is 8.74. The second-order valence-corrected chi connectivity index (χ2v) is 5.43. The highest BCUT2D eigenvalue weighted by molar-refractivity contribution is 5.37. The van der Waals surface area contributed by atoms with E-state index in [4.69, 9.17) is 9.84 Å². The summed E-state index contributed by atoms with van der Waals surface area (Å²) in [5.41, 5.74) is 2.30. The van der Waals surface area contributed by atoms with Gasteiger partial charge < -0.3 is 9.84 Å². The molecule has 0 unspecified atom stereocenters. The van der Waals surface area contributed by atoms with Crippen molar-refractivity contribution >= 4 is 0 Å². The average molecular weight is 273 g/mol. The van der Waals surface area contributed by atoms with E-state index in [1.54, 1.807) is 0 Å². The van der Waals surface area contributed by atoms with Gasteiger partial charge in [-0.3, -0.25) is 4.90 Å². The molecule has 1 aromatic carbocycles. The lowest BCUT2D eigenvalue weighted by atomic mass is 10.1. The summed E-state index contributed by atoms with van der Waals surface area (Å²) in [6.45, 7) is 7.26. The number of hydrogen-bond acceptors (Lipinski definition) is 3. The van der Waals surface area contributed by atoms with Gasteiger partial charge in [-0.25, -0.2) is 0 Å². The minimum atomic E-state index is 0.121. The van der Waals surface area contributed by atoms with Crippen LogP contribution in [0.2, 0.25) is 0 Å². The van der Waals surface area contributed by atoms with Crippen molar-refractivity contribution in [2.45, 2.75) is 39.0 Å². The highest BCUT2D eigenvalue weighted by Gasteiger charge is 2.21. The zero-order valence-electron chi connectivity index (χ0n) is 12.3. The molecule has 0 spiro atoms. The molecule has 1 aromatic rings. The normalized spacial score (nSPS) is 23.1. The number of ether oxygens (including phenoxy) is 1. The molecule has 0 bridgehead atoms. The molecule has 3 nitrogen and oxygen atoms in total. The molecule has 1 aliphatic heterocycles.